The van der Waals surface area contributed by atoms with Gasteiger partial charge in [0, 0.05) is 51.2 Å². The van der Waals surface area contributed by atoms with Gasteiger partial charge in [-0.2, -0.15) is 0 Å². The number of rotatable bonds is 6. The average Bonchev–Trinajstić information content (AvgIpc) is 3.43. The van der Waals surface area contributed by atoms with Crippen molar-refractivity contribution in [1.29, 1.82) is 0 Å². The Bertz CT molecular complexity index is 1820. The number of amides is 2. The molecule has 0 spiro atoms. The summed E-state index contributed by atoms with van der Waals surface area (Å²) in [5.41, 5.74) is 0.731. The number of nitrogens with one attached hydrogen (secondary N) is 1. The van der Waals surface area contributed by atoms with Crippen molar-refractivity contribution in [2.45, 2.75) is 45.3 Å². The summed E-state index contributed by atoms with van der Waals surface area (Å²) in [6.45, 7) is 6.48. The molecule has 44 heavy (non-hydrogen) atoms. The summed E-state index contributed by atoms with van der Waals surface area (Å²) in [4.78, 5) is 47.4. The predicted octanol–water partition coefficient (Wildman–Crippen LogP) is 5.05. The Morgan fingerprint density at radius 2 is 1.95 bits per heavy atom. The molecule has 2 amide bonds. The molecule has 228 valence electrons. The molecule has 1 unspecified atom stereocenters. The molecule has 0 bridgehead atoms. The van der Waals surface area contributed by atoms with Crippen molar-refractivity contribution >= 4 is 28.6 Å². The average molecular weight is 600 g/mol. The van der Waals surface area contributed by atoms with E-state index in [0.717, 1.165) is 5.69 Å². The van der Waals surface area contributed by atoms with Crippen molar-refractivity contribution in [1.82, 2.24) is 19.8 Å². The molecular weight excluding hydrogens is 565 g/mol. The largest absolute Gasteiger partial charge is 0.451 e. The third kappa shape index (κ3) is 5.57. The molecule has 0 radical (unpaired) electrons. The third-order valence-corrected chi connectivity index (χ3v) is 7.74. The second-order valence-corrected chi connectivity index (χ2v) is 12.1. The third-order valence-electron chi connectivity index (χ3n) is 7.74. The second-order valence-electron chi connectivity index (χ2n) is 12.1. The van der Waals surface area contributed by atoms with Crippen LogP contribution in [0.15, 0.2) is 65.7 Å². The van der Waals surface area contributed by atoms with E-state index in [-0.39, 0.29) is 28.4 Å². The fraction of sp³-hybridized carbons (Fsp3) is 0.333. The molecular formula is C33H34FN5O5. The van der Waals surface area contributed by atoms with Gasteiger partial charge in [0.15, 0.2) is 17.3 Å². The van der Waals surface area contributed by atoms with Crippen molar-refractivity contribution in [2.75, 3.05) is 31.6 Å². The van der Waals surface area contributed by atoms with Crippen LogP contribution >= 0.6 is 0 Å². The molecule has 6 rings (SSSR count). The Morgan fingerprint density at radius 3 is 2.70 bits per heavy atom. The maximum atomic E-state index is 16.1. The molecule has 0 saturated carbocycles. The number of alkyl carbamates (subject to hydrolysis) is 1. The minimum atomic E-state index is -0.651. The molecule has 2 aliphatic rings. The van der Waals surface area contributed by atoms with Gasteiger partial charge < -0.3 is 29.2 Å². The van der Waals surface area contributed by atoms with Crippen LogP contribution in [0.3, 0.4) is 0 Å². The molecule has 11 heteroatoms. The Labute approximate surface area is 254 Å². The molecule has 2 aromatic carbocycles. The van der Waals surface area contributed by atoms with Crippen LogP contribution in [-0.4, -0.2) is 64.8 Å². The molecule has 10 nitrogen and oxygen atoms in total. The zero-order chi connectivity index (χ0) is 31.2. The number of likely N-dealkylation sites (N-methyl/N-ethyl adjacent to an activating group) is 1. The lowest BCUT2D eigenvalue weighted by Crippen LogP contribution is -2.40. The van der Waals surface area contributed by atoms with Gasteiger partial charge in [0.2, 0.25) is 5.43 Å². The van der Waals surface area contributed by atoms with E-state index in [0.29, 0.717) is 49.4 Å². The SMILES string of the molecule is CN(CCc1ccccn1)C(=O)c1cn2c3c(c(N4CCC(NC(=O)OC(C)(C)C)C4)c(F)cc3c1=O)Oc1ccccc1-2. The number of carbonyl (C=O) groups is 2. The van der Waals surface area contributed by atoms with Crippen molar-refractivity contribution < 1.29 is 23.5 Å². The van der Waals surface area contributed by atoms with Gasteiger partial charge in [0.1, 0.15) is 22.4 Å². The molecule has 1 N–H and O–H groups in total. The highest BCUT2D eigenvalue weighted by molar-refractivity contribution is 6.01. The molecule has 4 heterocycles. The summed E-state index contributed by atoms with van der Waals surface area (Å²) in [5.74, 6) is -0.471. The fourth-order valence-electron chi connectivity index (χ4n) is 5.69. The Hall–Kier alpha value is -4.93. The molecule has 1 atom stereocenters. The number of halogens is 1. The van der Waals surface area contributed by atoms with Crippen LogP contribution < -0.4 is 20.4 Å². The van der Waals surface area contributed by atoms with E-state index in [1.165, 1.54) is 17.2 Å². The first-order chi connectivity index (χ1) is 21.0. The number of aromatic nitrogens is 2. The Balaban J connectivity index is 1.37. The van der Waals surface area contributed by atoms with Crippen molar-refractivity contribution in [3.63, 3.8) is 0 Å². The molecule has 2 aromatic heterocycles. The number of para-hydroxylation sites is 2. The van der Waals surface area contributed by atoms with Crippen LogP contribution in [-0.2, 0) is 11.2 Å². The second kappa shape index (κ2) is 11.3. The van der Waals surface area contributed by atoms with Crippen LogP contribution in [0.2, 0.25) is 0 Å². The lowest BCUT2D eigenvalue weighted by Gasteiger charge is -2.29. The number of anilines is 1. The number of pyridine rings is 2. The highest BCUT2D eigenvalue weighted by atomic mass is 19.1. The van der Waals surface area contributed by atoms with Gasteiger partial charge >= 0.3 is 6.09 Å². The first-order valence-corrected chi connectivity index (χ1v) is 14.6. The maximum absolute atomic E-state index is 16.1. The predicted molar refractivity (Wildman–Crippen MR) is 164 cm³/mol. The van der Waals surface area contributed by atoms with Gasteiger partial charge in [-0.3, -0.25) is 14.6 Å². The monoisotopic (exact) mass is 599 g/mol. The van der Waals surface area contributed by atoms with Crippen molar-refractivity contribution in [3.05, 3.63) is 88.2 Å². The summed E-state index contributed by atoms with van der Waals surface area (Å²) in [5, 5.41) is 2.91. The van der Waals surface area contributed by atoms with E-state index in [1.807, 2.05) is 30.3 Å². The number of hydrogen-bond donors (Lipinski definition) is 1. The lowest BCUT2D eigenvalue weighted by atomic mass is 10.1. The highest BCUT2D eigenvalue weighted by Gasteiger charge is 2.34. The van der Waals surface area contributed by atoms with Crippen LogP contribution in [0.25, 0.3) is 16.6 Å². The summed E-state index contributed by atoms with van der Waals surface area (Å²) in [6.07, 6.45) is 3.76. The summed E-state index contributed by atoms with van der Waals surface area (Å²) < 4.78 is 29.5. The van der Waals surface area contributed by atoms with Gasteiger partial charge in [-0.25, -0.2) is 9.18 Å². The fourth-order valence-corrected chi connectivity index (χ4v) is 5.69. The van der Waals surface area contributed by atoms with E-state index < -0.39 is 28.8 Å². The van der Waals surface area contributed by atoms with Crippen LogP contribution in [0.5, 0.6) is 11.5 Å². The van der Waals surface area contributed by atoms with Gasteiger partial charge in [-0.15, -0.1) is 0 Å². The smallest absolute Gasteiger partial charge is 0.407 e. The summed E-state index contributed by atoms with van der Waals surface area (Å²) >= 11 is 0. The van der Waals surface area contributed by atoms with Crippen molar-refractivity contribution in [3.8, 4) is 17.2 Å². The minimum Gasteiger partial charge on any atom is -0.451 e. The van der Waals surface area contributed by atoms with Crippen molar-refractivity contribution in [2.24, 2.45) is 0 Å². The number of carbonyl (C=O) groups excluding carboxylic acids is 2. The topological polar surface area (TPSA) is 106 Å². The number of benzene rings is 2. The van der Waals surface area contributed by atoms with Gasteiger partial charge in [0.25, 0.3) is 5.91 Å². The molecule has 2 aliphatic heterocycles. The van der Waals surface area contributed by atoms with E-state index in [1.54, 1.807) is 55.6 Å². The van der Waals surface area contributed by atoms with Gasteiger partial charge in [0.05, 0.1) is 17.1 Å². The molecule has 1 fully saturated rings. The molecule has 1 saturated heterocycles. The van der Waals surface area contributed by atoms with Crippen LogP contribution in [0, 0.1) is 5.82 Å². The first-order valence-electron chi connectivity index (χ1n) is 14.6. The first kappa shape index (κ1) is 29.2. The lowest BCUT2D eigenvalue weighted by molar-refractivity contribution is 0.0508. The quantitative estimate of drug-likeness (QED) is 0.291. The van der Waals surface area contributed by atoms with Crippen LogP contribution in [0.1, 0.15) is 43.2 Å². The zero-order valence-corrected chi connectivity index (χ0v) is 25.1. The van der Waals surface area contributed by atoms with E-state index in [4.69, 9.17) is 9.47 Å². The number of fused-ring (bicyclic) bond motifs is 2. The number of hydrogen-bond acceptors (Lipinski definition) is 7. The molecule has 0 aliphatic carbocycles. The normalized spacial score (nSPS) is 15.5. The molecule has 4 aromatic rings. The van der Waals surface area contributed by atoms with Crippen LogP contribution in [0.4, 0.5) is 14.9 Å². The Kier molecular flexibility index (Phi) is 7.48. The zero-order valence-electron chi connectivity index (χ0n) is 25.1. The maximum Gasteiger partial charge on any atom is 0.407 e. The van der Waals surface area contributed by atoms with E-state index >= 15 is 4.39 Å². The van der Waals surface area contributed by atoms with Gasteiger partial charge in [-0.05, 0) is 57.5 Å². The highest BCUT2D eigenvalue weighted by Crippen LogP contribution is 2.47. The standard InChI is InChI=1S/C33H34FN5O5/c1-33(2,3)44-32(42)36-21-13-16-38(18-21)28-24(34)17-22-27-30(28)43-26-11-6-5-10-25(26)39(27)19-23(29(22)40)31(41)37(4)15-12-20-9-7-8-14-35-20/h5-11,14,17,19,21H,12-13,15-16,18H2,1-4H3,(H,36,42). The van der Waals surface area contributed by atoms with E-state index in [9.17, 15) is 14.4 Å². The summed E-state index contributed by atoms with van der Waals surface area (Å²) in [7, 11) is 1.63. The number of ether oxygens (including phenoxy) is 2. The Morgan fingerprint density at radius 1 is 1.18 bits per heavy atom. The summed E-state index contributed by atoms with van der Waals surface area (Å²) in [6, 6.07) is 13.7. The van der Waals surface area contributed by atoms with E-state index in [2.05, 4.69) is 10.3 Å². The number of nitrogens with zero attached hydrogens (tertiary/aromatic N) is 4. The van der Waals surface area contributed by atoms with Gasteiger partial charge in [-0.1, -0.05) is 18.2 Å². The minimum absolute atomic E-state index is 0.0438.